The number of para-hydroxylation sites is 2. The molecule has 1 atom stereocenters. The average Bonchev–Trinajstić information content (AvgIpc) is 0.831. The fourth-order valence-corrected chi connectivity index (χ4v) is 14.9. The molecule has 2 aliphatic heterocycles. The van der Waals surface area contributed by atoms with Gasteiger partial charge in [0.25, 0.3) is 22.2 Å². The minimum absolute atomic E-state index is 0.0686. The van der Waals surface area contributed by atoms with Crippen molar-refractivity contribution in [2.45, 2.75) is 118 Å². The first-order chi connectivity index (χ1) is 59.2. The summed E-state index contributed by atoms with van der Waals surface area (Å²) in [6.07, 6.45) is 1.66. The van der Waals surface area contributed by atoms with Gasteiger partial charge in [-0.1, -0.05) is 164 Å². The zero-order valence-electron chi connectivity index (χ0n) is 70.4. The van der Waals surface area contributed by atoms with E-state index in [1.54, 1.807) is 72.8 Å². The largest absolute Gasteiger partial charge is 0.480 e. The lowest BCUT2D eigenvalue weighted by Gasteiger charge is -2.42. The minimum Gasteiger partial charge on any atom is -0.480 e. The Kier molecular flexibility index (Phi) is 41.8. The summed E-state index contributed by atoms with van der Waals surface area (Å²) in [6.45, 7) is 22.4. The van der Waals surface area contributed by atoms with Crippen LogP contribution in [0, 0.1) is 5.41 Å². The van der Waals surface area contributed by atoms with Crippen molar-refractivity contribution in [1.82, 2.24) is 58.1 Å². The van der Waals surface area contributed by atoms with Gasteiger partial charge in [0, 0.05) is 174 Å². The zero-order chi connectivity index (χ0) is 90.3. The van der Waals surface area contributed by atoms with Crippen molar-refractivity contribution in [3.8, 4) is 11.5 Å². The number of carbonyl (C=O) groups excluding carboxylic acids is 7. The van der Waals surface area contributed by atoms with Crippen LogP contribution in [-0.4, -0.2) is 246 Å². The fourth-order valence-electron chi connectivity index (χ4n) is 13.9. The first-order valence-corrected chi connectivity index (χ1v) is 41.8. The van der Waals surface area contributed by atoms with Crippen molar-refractivity contribution >= 4 is 82.6 Å². The second-order valence-electron chi connectivity index (χ2n) is 31.4. The molecule has 0 radical (unpaired) electrons. The number of ether oxygens (including phenoxy) is 3. The topological polar surface area (TPSA) is 357 Å². The predicted octanol–water partition coefficient (Wildman–Crippen LogP) is 8.66. The van der Waals surface area contributed by atoms with Gasteiger partial charge in [0.05, 0.1) is 56.0 Å². The number of carboxylic acids is 1. The van der Waals surface area contributed by atoms with Gasteiger partial charge in [0.2, 0.25) is 0 Å². The average molecular weight is 1800 g/mol. The van der Waals surface area contributed by atoms with Crippen LogP contribution in [0.25, 0.3) is 0 Å². The van der Waals surface area contributed by atoms with E-state index in [2.05, 4.69) is 45.3 Å². The summed E-state index contributed by atoms with van der Waals surface area (Å²) in [5, 5.41) is 31.2. The summed E-state index contributed by atoms with van der Waals surface area (Å²) in [7, 11) is 0. The molecule has 0 aliphatic carbocycles. The molecule has 10 rings (SSSR count). The normalized spacial score (nSPS) is 15.2. The Balaban J connectivity index is 0.000000340. The molecule has 8 aromatic rings. The van der Waals surface area contributed by atoms with Gasteiger partial charge >= 0.3 is 36.2 Å². The van der Waals surface area contributed by atoms with Crippen molar-refractivity contribution in [3.05, 3.63) is 265 Å². The number of nitrogens with zero attached hydrogens (tertiary/aromatic N) is 12. The molecule has 0 saturated carbocycles. The number of rotatable bonds is 28. The Hall–Kier alpha value is -10.6. The van der Waals surface area contributed by atoms with Gasteiger partial charge in [-0.2, -0.15) is 28.6 Å². The second-order valence-corrected chi connectivity index (χ2v) is 33.0. The fraction of sp³-hybridized carbons (Fsp3) is 0.432. The third-order valence-electron chi connectivity index (χ3n) is 20.1. The summed E-state index contributed by atoms with van der Waals surface area (Å²) in [4.78, 5) is 164. The summed E-state index contributed by atoms with van der Waals surface area (Å²) >= 11 is 25.1. The lowest BCUT2D eigenvalue weighted by Crippen LogP contribution is -2.52. The highest BCUT2D eigenvalue weighted by molar-refractivity contribution is 6.38. The van der Waals surface area contributed by atoms with Crippen molar-refractivity contribution in [2.75, 3.05) is 124 Å². The molecular formula is C88H108Cl4N12O20. The summed E-state index contributed by atoms with van der Waals surface area (Å²) in [5.74, 6) is -1.96. The molecule has 36 heteroatoms. The summed E-state index contributed by atoms with van der Waals surface area (Å²) in [6, 6.07) is 48.4. The van der Waals surface area contributed by atoms with E-state index >= 15 is 0 Å². The van der Waals surface area contributed by atoms with Gasteiger partial charge in [0.15, 0.2) is 11.5 Å². The first kappa shape index (κ1) is 100. The van der Waals surface area contributed by atoms with Crippen LogP contribution in [-0.2, 0) is 82.5 Å². The van der Waals surface area contributed by atoms with Crippen LogP contribution < -0.4 is 41.4 Å². The standard InChI is InChI=1S/C54H68Cl2N6O8.C32H40Cl2N6O8.2CO2/c1-53(2,3)47(26-27-50(65)69-52-45(55)22-15-23-46(52)56)60-34-32-57(36-43-20-13-24-48(63)61(43)67-39-41-16-9-7-10-17-41)28-30-59(38-51(66)70-54(4,5)6)31-29-58(33-35-60)37-44-21-14-25-49(64)62(44)68-40-42-18-11-8-12-19-42;33-26-7-3-8-27(34)32(26)48-31(45)11-4-12-35-13-15-36(21-24-5-1-9-28(41)39(24)46)17-19-38(23-30(43)44)20-18-37(16-14-35)22-25-6-2-10-29(42)40(25)47;2*2-1-3/h7-25,47H,26-40H2,1-6H3;1-3,5-10,46-47H,4,11-23H2,(H,43,44);;/t47-;;;/m0.../s1. The number of esters is 3. The molecule has 2 saturated heterocycles. The van der Waals surface area contributed by atoms with E-state index in [0.29, 0.717) is 169 Å². The molecule has 0 spiro atoms. The number of benzene rings is 4. The van der Waals surface area contributed by atoms with Crippen molar-refractivity contribution in [2.24, 2.45) is 5.41 Å². The maximum Gasteiger partial charge on any atom is 0.373 e. The van der Waals surface area contributed by atoms with Crippen LogP contribution in [0.4, 0.5) is 0 Å². The minimum atomic E-state index is -0.971. The Bertz CT molecular complexity index is 4810. The molecular weight excluding hydrogens is 1690 g/mol. The third kappa shape index (κ3) is 34.8. The number of hydrogen-bond donors (Lipinski definition) is 3. The molecule has 0 unspecified atom stereocenters. The zero-order valence-corrected chi connectivity index (χ0v) is 73.4. The third-order valence-corrected chi connectivity index (χ3v) is 21.3. The number of carbonyl (C=O) groups is 4. The lowest BCUT2D eigenvalue weighted by atomic mass is 9.82. The molecule has 2 aliphatic rings. The number of halogens is 4. The van der Waals surface area contributed by atoms with Gasteiger partial charge < -0.3 is 44.3 Å². The Morgan fingerprint density at radius 1 is 0.395 bits per heavy atom. The smallest absolute Gasteiger partial charge is 0.373 e. The predicted molar refractivity (Wildman–Crippen MR) is 462 cm³/mol. The molecule has 668 valence electrons. The first-order valence-electron chi connectivity index (χ1n) is 40.3. The van der Waals surface area contributed by atoms with Gasteiger partial charge in [0.1, 0.15) is 18.8 Å². The van der Waals surface area contributed by atoms with E-state index in [1.165, 1.54) is 33.7 Å². The summed E-state index contributed by atoms with van der Waals surface area (Å²) in [5.41, 5.74) is 1.42. The molecule has 0 amide bonds. The molecule has 124 heavy (non-hydrogen) atoms. The van der Waals surface area contributed by atoms with Crippen molar-refractivity contribution in [1.29, 1.82) is 0 Å². The van der Waals surface area contributed by atoms with E-state index < -0.39 is 34.6 Å². The molecule has 3 N–H and O–H groups in total. The van der Waals surface area contributed by atoms with E-state index in [0.717, 1.165) is 11.1 Å². The highest BCUT2D eigenvalue weighted by atomic mass is 35.5. The van der Waals surface area contributed by atoms with Crippen LogP contribution in [0.1, 0.15) is 101 Å². The van der Waals surface area contributed by atoms with Crippen LogP contribution >= 0.6 is 46.4 Å². The molecule has 4 aromatic carbocycles. The summed E-state index contributed by atoms with van der Waals surface area (Å²) < 4.78 is 21.0. The van der Waals surface area contributed by atoms with Crippen molar-refractivity contribution in [3.63, 3.8) is 0 Å². The number of hydrogen-bond acceptors (Lipinski definition) is 27. The quantitative estimate of drug-likeness (QED) is 0.0234. The molecule has 2 fully saturated rings. The SMILES string of the molecule is CC(C)(C)OC(=O)CN1CCN(Cc2cccc(=O)n2OCc2ccccc2)CCN([C@@H](CCC(=O)Oc2c(Cl)cccc2Cl)C(C)(C)C)CCN(Cc2cccc(=O)n2OCc2ccccc2)CC1.O=C(O)CN1CCN(Cc2cccc(=O)n2O)CCN(CCCC(=O)Oc2c(Cl)cccc2Cl)CCN(Cc2cccc(=O)n2O)CC1.O=C=O.O=C=O. The van der Waals surface area contributed by atoms with Crippen LogP contribution in [0.5, 0.6) is 11.5 Å². The van der Waals surface area contributed by atoms with E-state index in [4.69, 9.17) is 89.5 Å². The van der Waals surface area contributed by atoms with Crippen molar-refractivity contribution < 1.29 is 77.8 Å². The number of carboxylic acid groups (broad SMARTS) is 1. The maximum atomic E-state index is 13.5. The van der Waals surface area contributed by atoms with Crippen LogP contribution in [0.2, 0.25) is 20.1 Å². The highest BCUT2D eigenvalue weighted by Crippen LogP contribution is 2.35. The maximum absolute atomic E-state index is 13.5. The molecule has 6 heterocycles. The molecule has 32 nitrogen and oxygen atoms in total. The Morgan fingerprint density at radius 2 is 0.718 bits per heavy atom. The van der Waals surface area contributed by atoms with Gasteiger partial charge in [-0.15, -0.1) is 9.46 Å². The van der Waals surface area contributed by atoms with Gasteiger partial charge in [-0.05, 0) is 105 Å². The molecule has 0 bridgehead atoms. The second kappa shape index (κ2) is 51.6. The van der Waals surface area contributed by atoms with Crippen LogP contribution in [0.15, 0.2) is 189 Å². The number of pyridine rings is 4. The van der Waals surface area contributed by atoms with E-state index in [1.807, 2.05) is 108 Å². The monoisotopic (exact) mass is 1790 g/mol. The van der Waals surface area contributed by atoms with Gasteiger partial charge in [-0.25, -0.2) is 0 Å². The molecule has 4 aromatic heterocycles. The number of aliphatic carboxylic acids is 1. The van der Waals surface area contributed by atoms with Crippen LogP contribution in [0.3, 0.4) is 0 Å². The lowest BCUT2D eigenvalue weighted by molar-refractivity contribution is -0.193. The highest BCUT2D eigenvalue weighted by Gasteiger charge is 2.34. The Labute approximate surface area is 739 Å². The van der Waals surface area contributed by atoms with E-state index in [9.17, 15) is 53.9 Å². The van der Waals surface area contributed by atoms with E-state index in [-0.39, 0.29) is 125 Å². The Morgan fingerprint density at radius 3 is 1.09 bits per heavy atom. The number of aromatic nitrogens is 4. The van der Waals surface area contributed by atoms with Gasteiger partial charge in [-0.3, -0.25) is 72.7 Å².